The molecule has 0 aliphatic carbocycles. The second-order valence-corrected chi connectivity index (χ2v) is 5.69. The molecule has 0 aliphatic heterocycles. The molecular formula is C20H23NO2. The van der Waals surface area contributed by atoms with E-state index < -0.39 is 6.10 Å². The summed E-state index contributed by atoms with van der Waals surface area (Å²) in [5, 5.41) is 12.9. The predicted molar refractivity (Wildman–Crippen MR) is 93.1 cm³/mol. The van der Waals surface area contributed by atoms with Crippen LogP contribution in [0.25, 0.3) is 0 Å². The summed E-state index contributed by atoms with van der Waals surface area (Å²) >= 11 is 0. The zero-order valence-corrected chi connectivity index (χ0v) is 13.4. The molecule has 2 N–H and O–H groups in total. The monoisotopic (exact) mass is 309 g/mol. The minimum absolute atomic E-state index is 0.0206. The van der Waals surface area contributed by atoms with Gasteiger partial charge in [-0.15, -0.1) is 6.58 Å². The third-order valence-electron chi connectivity index (χ3n) is 3.87. The van der Waals surface area contributed by atoms with Gasteiger partial charge in [-0.3, -0.25) is 4.79 Å². The largest absolute Gasteiger partial charge is 0.387 e. The van der Waals surface area contributed by atoms with Crippen LogP contribution < -0.4 is 5.32 Å². The first-order chi connectivity index (χ1) is 11.1. The van der Waals surface area contributed by atoms with Crippen molar-refractivity contribution in [1.82, 2.24) is 5.32 Å². The topological polar surface area (TPSA) is 49.3 Å². The molecule has 0 fully saturated rings. The number of allylic oxidation sites excluding steroid dienone is 1. The van der Waals surface area contributed by atoms with Gasteiger partial charge in [0.25, 0.3) is 0 Å². The number of hydrogen-bond acceptors (Lipinski definition) is 2. The summed E-state index contributed by atoms with van der Waals surface area (Å²) in [4.78, 5) is 12.1. The van der Waals surface area contributed by atoms with Gasteiger partial charge < -0.3 is 10.4 Å². The van der Waals surface area contributed by atoms with Gasteiger partial charge in [-0.25, -0.2) is 0 Å². The van der Waals surface area contributed by atoms with Crippen LogP contribution in [0.2, 0.25) is 0 Å². The summed E-state index contributed by atoms with van der Waals surface area (Å²) in [5.41, 5.74) is 3.01. The van der Waals surface area contributed by atoms with E-state index in [0.29, 0.717) is 6.42 Å². The fourth-order valence-electron chi connectivity index (χ4n) is 2.43. The minimum atomic E-state index is -0.696. The molecule has 0 spiro atoms. The van der Waals surface area contributed by atoms with Crippen molar-refractivity contribution in [2.75, 3.05) is 6.54 Å². The van der Waals surface area contributed by atoms with Crippen molar-refractivity contribution < 1.29 is 9.90 Å². The Bertz CT molecular complexity index is 634. The fourth-order valence-corrected chi connectivity index (χ4v) is 2.43. The maximum atomic E-state index is 12.1. The van der Waals surface area contributed by atoms with Crippen LogP contribution in [0, 0.1) is 6.92 Å². The SMILES string of the molecule is C=CC(CC(=O)NCC(O)c1ccc(C)cc1)c1ccccc1. The van der Waals surface area contributed by atoms with Crippen LogP contribution in [-0.4, -0.2) is 17.6 Å². The third kappa shape index (κ3) is 5.08. The van der Waals surface area contributed by atoms with E-state index in [0.717, 1.165) is 16.7 Å². The standard InChI is InChI=1S/C20H23NO2/c1-3-16(17-7-5-4-6-8-17)13-20(23)21-14-19(22)18-11-9-15(2)10-12-18/h3-12,16,19,22H,1,13-14H2,2H3,(H,21,23). The Morgan fingerprint density at radius 3 is 2.39 bits per heavy atom. The van der Waals surface area contributed by atoms with Gasteiger partial charge in [-0.2, -0.15) is 0 Å². The molecule has 2 aromatic rings. The number of aliphatic hydroxyl groups excluding tert-OH is 1. The van der Waals surface area contributed by atoms with E-state index in [9.17, 15) is 9.90 Å². The lowest BCUT2D eigenvalue weighted by Crippen LogP contribution is -2.29. The third-order valence-corrected chi connectivity index (χ3v) is 3.87. The van der Waals surface area contributed by atoms with Gasteiger partial charge in [-0.05, 0) is 18.1 Å². The molecule has 0 aliphatic rings. The average Bonchev–Trinajstić information content (AvgIpc) is 2.59. The summed E-state index contributed by atoms with van der Waals surface area (Å²) in [5.74, 6) is -0.113. The highest BCUT2D eigenvalue weighted by Gasteiger charge is 2.14. The Morgan fingerprint density at radius 1 is 1.13 bits per heavy atom. The van der Waals surface area contributed by atoms with Gasteiger partial charge in [0, 0.05) is 18.9 Å². The van der Waals surface area contributed by atoms with Gasteiger partial charge in [0.05, 0.1) is 6.10 Å². The Labute approximate surface area is 137 Å². The van der Waals surface area contributed by atoms with Crippen molar-refractivity contribution in [3.8, 4) is 0 Å². The smallest absolute Gasteiger partial charge is 0.221 e. The zero-order chi connectivity index (χ0) is 16.7. The molecule has 2 aromatic carbocycles. The number of rotatable bonds is 7. The molecular weight excluding hydrogens is 286 g/mol. The first kappa shape index (κ1) is 17.0. The molecule has 0 aromatic heterocycles. The summed E-state index contributed by atoms with van der Waals surface area (Å²) in [7, 11) is 0. The van der Waals surface area contributed by atoms with Crippen molar-refractivity contribution in [3.05, 3.63) is 83.9 Å². The van der Waals surface area contributed by atoms with Gasteiger partial charge in [0.15, 0.2) is 0 Å². The second-order valence-electron chi connectivity index (χ2n) is 5.69. The van der Waals surface area contributed by atoms with Crippen molar-refractivity contribution >= 4 is 5.91 Å². The molecule has 0 heterocycles. The van der Waals surface area contributed by atoms with E-state index in [1.54, 1.807) is 6.08 Å². The van der Waals surface area contributed by atoms with Gasteiger partial charge in [0.2, 0.25) is 5.91 Å². The van der Waals surface area contributed by atoms with Crippen molar-refractivity contribution in [2.45, 2.75) is 25.4 Å². The van der Waals surface area contributed by atoms with Crippen molar-refractivity contribution in [2.24, 2.45) is 0 Å². The van der Waals surface area contributed by atoms with Gasteiger partial charge in [-0.1, -0.05) is 66.2 Å². The molecule has 3 heteroatoms. The lowest BCUT2D eigenvalue weighted by atomic mass is 9.95. The lowest BCUT2D eigenvalue weighted by molar-refractivity contribution is -0.121. The summed E-state index contributed by atoms with van der Waals surface area (Å²) in [6.45, 7) is 6.02. The summed E-state index contributed by atoms with van der Waals surface area (Å²) < 4.78 is 0. The van der Waals surface area contributed by atoms with E-state index in [4.69, 9.17) is 0 Å². The van der Waals surface area contributed by atoms with Crippen molar-refractivity contribution in [1.29, 1.82) is 0 Å². The van der Waals surface area contributed by atoms with Crippen LogP contribution in [0.15, 0.2) is 67.3 Å². The van der Waals surface area contributed by atoms with Crippen LogP contribution in [-0.2, 0) is 4.79 Å². The number of aryl methyl sites for hydroxylation is 1. The highest BCUT2D eigenvalue weighted by atomic mass is 16.3. The molecule has 120 valence electrons. The lowest BCUT2D eigenvalue weighted by Gasteiger charge is -2.15. The highest BCUT2D eigenvalue weighted by Crippen LogP contribution is 2.20. The second kappa shape index (κ2) is 8.30. The Hall–Kier alpha value is -2.39. The summed E-state index contributed by atoms with van der Waals surface area (Å²) in [6, 6.07) is 17.5. The van der Waals surface area contributed by atoms with Crippen LogP contribution in [0.4, 0.5) is 0 Å². The van der Waals surface area contributed by atoms with Crippen LogP contribution in [0.3, 0.4) is 0 Å². The molecule has 0 radical (unpaired) electrons. The quantitative estimate of drug-likeness (QED) is 0.769. The van der Waals surface area contributed by atoms with E-state index in [-0.39, 0.29) is 18.4 Å². The van der Waals surface area contributed by atoms with E-state index in [1.165, 1.54) is 0 Å². The van der Waals surface area contributed by atoms with Crippen LogP contribution in [0.1, 0.15) is 35.1 Å². The van der Waals surface area contributed by atoms with E-state index >= 15 is 0 Å². The van der Waals surface area contributed by atoms with Gasteiger partial charge in [0.1, 0.15) is 0 Å². The number of nitrogens with one attached hydrogen (secondary N) is 1. The number of amides is 1. The molecule has 2 atom stereocenters. The normalized spacial score (nSPS) is 13.1. The first-order valence-electron chi connectivity index (χ1n) is 7.79. The van der Waals surface area contributed by atoms with E-state index in [1.807, 2.05) is 61.5 Å². The predicted octanol–water partition coefficient (Wildman–Crippen LogP) is 3.50. The molecule has 23 heavy (non-hydrogen) atoms. The zero-order valence-electron chi connectivity index (χ0n) is 13.4. The maximum Gasteiger partial charge on any atom is 0.221 e. The number of aliphatic hydroxyl groups is 1. The average molecular weight is 309 g/mol. The minimum Gasteiger partial charge on any atom is -0.387 e. The Morgan fingerprint density at radius 2 is 1.78 bits per heavy atom. The molecule has 2 unspecified atom stereocenters. The van der Waals surface area contributed by atoms with Crippen molar-refractivity contribution in [3.63, 3.8) is 0 Å². The Balaban J connectivity index is 1.86. The highest BCUT2D eigenvalue weighted by molar-refractivity contribution is 5.77. The maximum absolute atomic E-state index is 12.1. The molecule has 0 saturated carbocycles. The number of hydrogen-bond donors (Lipinski definition) is 2. The van der Waals surface area contributed by atoms with Gasteiger partial charge >= 0.3 is 0 Å². The molecule has 2 rings (SSSR count). The van der Waals surface area contributed by atoms with Crippen LogP contribution in [0.5, 0.6) is 0 Å². The molecule has 1 amide bonds. The van der Waals surface area contributed by atoms with E-state index in [2.05, 4.69) is 11.9 Å². The fraction of sp³-hybridized carbons (Fsp3) is 0.250. The number of benzene rings is 2. The molecule has 0 saturated heterocycles. The number of carbonyl (C=O) groups excluding carboxylic acids is 1. The Kier molecular flexibility index (Phi) is 6.12. The van der Waals surface area contributed by atoms with Crippen LogP contribution >= 0.6 is 0 Å². The molecule has 3 nitrogen and oxygen atoms in total. The summed E-state index contributed by atoms with van der Waals surface area (Å²) in [6.07, 6.45) is 1.41. The first-order valence-corrected chi connectivity index (χ1v) is 7.79. The molecule has 0 bridgehead atoms. The number of carbonyl (C=O) groups is 1.